The van der Waals surface area contributed by atoms with Crippen LogP contribution in [0.25, 0.3) is 0 Å². The summed E-state index contributed by atoms with van der Waals surface area (Å²) in [5.74, 6) is 0.130. The lowest BCUT2D eigenvalue weighted by atomic mass is 10.2. The minimum atomic E-state index is -0.00476. The Morgan fingerprint density at radius 2 is 1.68 bits per heavy atom. The van der Waals surface area contributed by atoms with Crippen molar-refractivity contribution in [2.24, 2.45) is 0 Å². The highest BCUT2D eigenvalue weighted by molar-refractivity contribution is 14.1. The first-order valence-electron chi connectivity index (χ1n) is 8.37. The molecule has 0 spiro atoms. The van der Waals surface area contributed by atoms with Crippen molar-refractivity contribution in [3.63, 3.8) is 0 Å². The number of piperazine rings is 1. The Kier molecular flexibility index (Phi) is 6.54. The number of nitrogens with zero attached hydrogens (tertiary/aromatic N) is 3. The number of carbonyl (C=O) groups excluding carboxylic acids is 2. The molecule has 2 aliphatic heterocycles. The molecule has 2 aliphatic rings. The van der Waals surface area contributed by atoms with Crippen LogP contribution in [-0.2, 0) is 9.53 Å². The third kappa shape index (κ3) is 4.84. The van der Waals surface area contributed by atoms with E-state index in [-0.39, 0.29) is 11.8 Å². The lowest BCUT2D eigenvalue weighted by Crippen LogP contribution is -2.53. The van der Waals surface area contributed by atoms with E-state index < -0.39 is 0 Å². The van der Waals surface area contributed by atoms with Gasteiger partial charge in [-0.25, -0.2) is 0 Å². The van der Waals surface area contributed by atoms with Crippen LogP contribution in [0.15, 0.2) is 18.2 Å². The molecule has 0 bridgehead atoms. The molecule has 136 valence electrons. The summed E-state index contributed by atoms with van der Waals surface area (Å²) < 4.78 is 6.17. The number of hydrogen-bond donors (Lipinski definition) is 0. The second kappa shape index (κ2) is 8.66. The molecule has 0 saturated carbocycles. The molecule has 2 amide bonds. The lowest BCUT2D eigenvalue weighted by Gasteiger charge is -2.36. The first-order valence-corrected chi connectivity index (χ1v) is 9.82. The van der Waals surface area contributed by atoms with Crippen LogP contribution >= 0.6 is 34.2 Å². The highest BCUT2D eigenvalue weighted by atomic mass is 127. The lowest BCUT2D eigenvalue weighted by molar-refractivity contribution is -0.134. The van der Waals surface area contributed by atoms with Gasteiger partial charge in [-0.15, -0.1) is 0 Å². The van der Waals surface area contributed by atoms with Gasteiger partial charge in [0, 0.05) is 48.4 Å². The normalized spacial score (nSPS) is 19.1. The van der Waals surface area contributed by atoms with Gasteiger partial charge >= 0.3 is 0 Å². The molecule has 2 saturated heterocycles. The van der Waals surface area contributed by atoms with E-state index in [1.54, 1.807) is 23.1 Å². The topological polar surface area (TPSA) is 53.1 Å². The maximum Gasteiger partial charge on any atom is 0.254 e. The van der Waals surface area contributed by atoms with Crippen LogP contribution in [0.3, 0.4) is 0 Å². The fraction of sp³-hybridized carbons (Fsp3) is 0.529. The third-order valence-corrected chi connectivity index (χ3v) is 6.09. The minimum absolute atomic E-state index is 0.00476. The Morgan fingerprint density at radius 1 is 1.04 bits per heavy atom. The van der Waals surface area contributed by atoms with Crippen molar-refractivity contribution in [2.75, 3.05) is 59.0 Å². The number of hydrogen-bond acceptors (Lipinski definition) is 4. The maximum absolute atomic E-state index is 12.6. The van der Waals surface area contributed by atoms with Crippen molar-refractivity contribution >= 4 is 46.0 Å². The molecule has 8 heteroatoms. The zero-order valence-electron chi connectivity index (χ0n) is 13.9. The molecule has 0 radical (unpaired) electrons. The predicted octanol–water partition coefficient (Wildman–Crippen LogP) is 1.56. The Bertz CT molecular complexity index is 644. The fourth-order valence-electron chi connectivity index (χ4n) is 3.02. The third-order valence-electron chi connectivity index (χ3n) is 4.55. The largest absolute Gasteiger partial charge is 0.379 e. The molecule has 1 aromatic rings. The van der Waals surface area contributed by atoms with Gasteiger partial charge in [0.15, 0.2) is 0 Å². The van der Waals surface area contributed by atoms with E-state index in [1.165, 1.54) is 0 Å². The molecule has 0 unspecified atom stereocenters. The average Bonchev–Trinajstić information content (AvgIpc) is 2.64. The van der Waals surface area contributed by atoms with Gasteiger partial charge in [-0.1, -0.05) is 11.6 Å². The van der Waals surface area contributed by atoms with Crippen molar-refractivity contribution in [3.05, 3.63) is 32.4 Å². The van der Waals surface area contributed by atoms with E-state index in [0.29, 0.717) is 56.5 Å². The Morgan fingerprint density at radius 3 is 2.32 bits per heavy atom. The van der Waals surface area contributed by atoms with Crippen molar-refractivity contribution < 1.29 is 14.3 Å². The van der Waals surface area contributed by atoms with Gasteiger partial charge in [-0.2, -0.15) is 0 Å². The van der Waals surface area contributed by atoms with Gasteiger partial charge in [0.2, 0.25) is 5.91 Å². The first kappa shape index (κ1) is 18.9. The molecule has 0 aliphatic carbocycles. The number of carbonyl (C=O) groups is 2. The number of ether oxygens (including phenoxy) is 1. The van der Waals surface area contributed by atoms with E-state index in [2.05, 4.69) is 27.5 Å². The van der Waals surface area contributed by atoms with Gasteiger partial charge in [-0.05, 0) is 40.8 Å². The van der Waals surface area contributed by atoms with Crippen LogP contribution in [-0.4, -0.2) is 85.5 Å². The van der Waals surface area contributed by atoms with Crippen LogP contribution in [0.1, 0.15) is 10.4 Å². The summed E-state index contributed by atoms with van der Waals surface area (Å²) in [6.45, 7) is 5.72. The number of halogens is 2. The molecule has 0 atom stereocenters. The van der Waals surface area contributed by atoms with Gasteiger partial charge in [0.25, 0.3) is 5.91 Å². The molecule has 2 fully saturated rings. The molecule has 1 aromatic carbocycles. The molecule has 3 rings (SSSR count). The van der Waals surface area contributed by atoms with Crippen LogP contribution < -0.4 is 0 Å². The van der Waals surface area contributed by atoms with Crippen LogP contribution in [0.2, 0.25) is 5.02 Å². The zero-order valence-corrected chi connectivity index (χ0v) is 16.8. The second-order valence-electron chi connectivity index (χ2n) is 6.19. The van der Waals surface area contributed by atoms with Gasteiger partial charge in [0.05, 0.1) is 24.8 Å². The molecule has 2 heterocycles. The molecule has 0 aromatic heterocycles. The van der Waals surface area contributed by atoms with Gasteiger partial charge < -0.3 is 14.5 Å². The maximum atomic E-state index is 12.6. The molecule has 6 nitrogen and oxygen atoms in total. The van der Waals surface area contributed by atoms with E-state index in [4.69, 9.17) is 16.3 Å². The van der Waals surface area contributed by atoms with Gasteiger partial charge in [0.1, 0.15) is 0 Å². The molecule has 0 N–H and O–H groups in total. The second-order valence-corrected chi connectivity index (χ2v) is 7.76. The summed E-state index contributed by atoms with van der Waals surface area (Å²) in [7, 11) is 0. The van der Waals surface area contributed by atoms with Gasteiger partial charge in [-0.3, -0.25) is 14.5 Å². The van der Waals surface area contributed by atoms with Crippen LogP contribution in [0.4, 0.5) is 0 Å². The highest BCUT2D eigenvalue weighted by Gasteiger charge is 2.26. The summed E-state index contributed by atoms with van der Waals surface area (Å²) in [6, 6.07) is 5.31. The van der Waals surface area contributed by atoms with E-state index in [0.717, 1.165) is 16.7 Å². The fourth-order valence-corrected chi connectivity index (χ4v) is 3.65. The summed E-state index contributed by atoms with van der Waals surface area (Å²) in [5, 5.41) is 0.649. The standard InChI is InChI=1S/C17H21ClIN3O3/c18-14-2-1-13(11-15(14)19)17(24)22-5-3-21(4-6-22)16(23)12-20-7-9-25-10-8-20/h1-2,11H,3-10,12H2. The Hall–Kier alpha value is -0.900. The van der Waals surface area contributed by atoms with Crippen LogP contribution in [0, 0.1) is 3.57 Å². The van der Waals surface area contributed by atoms with E-state index >= 15 is 0 Å². The quantitative estimate of drug-likeness (QED) is 0.620. The molecular formula is C17H21ClIN3O3. The Balaban J connectivity index is 1.51. The van der Waals surface area contributed by atoms with Crippen molar-refractivity contribution in [1.29, 1.82) is 0 Å². The average molecular weight is 478 g/mol. The zero-order chi connectivity index (χ0) is 17.8. The monoisotopic (exact) mass is 477 g/mol. The summed E-state index contributed by atoms with van der Waals surface area (Å²) >= 11 is 8.14. The van der Waals surface area contributed by atoms with E-state index in [1.807, 2.05) is 4.90 Å². The molecular weight excluding hydrogens is 457 g/mol. The van der Waals surface area contributed by atoms with E-state index in [9.17, 15) is 9.59 Å². The minimum Gasteiger partial charge on any atom is -0.379 e. The predicted molar refractivity (Wildman–Crippen MR) is 104 cm³/mol. The smallest absolute Gasteiger partial charge is 0.254 e. The van der Waals surface area contributed by atoms with Crippen molar-refractivity contribution in [3.8, 4) is 0 Å². The van der Waals surface area contributed by atoms with Crippen molar-refractivity contribution in [1.82, 2.24) is 14.7 Å². The van der Waals surface area contributed by atoms with Crippen molar-refractivity contribution in [2.45, 2.75) is 0 Å². The SMILES string of the molecule is O=C(CN1CCOCC1)N1CCN(C(=O)c2ccc(Cl)c(I)c2)CC1. The molecule has 25 heavy (non-hydrogen) atoms. The summed E-state index contributed by atoms with van der Waals surface area (Å²) in [6.07, 6.45) is 0. The first-order chi connectivity index (χ1) is 12.0. The number of morpholine rings is 1. The Labute approximate surface area is 166 Å². The van der Waals surface area contributed by atoms with Crippen LogP contribution in [0.5, 0.6) is 0 Å². The number of rotatable bonds is 3. The number of amides is 2. The number of benzene rings is 1. The summed E-state index contributed by atoms with van der Waals surface area (Å²) in [4.78, 5) is 30.8. The highest BCUT2D eigenvalue weighted by Crippen LogP contribution is 2.20. The summed E-state index contributed by atoms with van der Waals surface area (Å²) in [5.41, 5.74) is 0.641.